The Morgan fingerprint density at radius 2 is 1.92 bits per heavy atom. The minimum atomic E-state index is -0.241. The number of fused-ring (bicyclic) bond motifs is 1. The molecule has 1 aliphatic heterocycles. The summed E-state index contributed by atoms with van der Waals surface area (Å²) in [5.74, 6) is 1.32. The normalized spacial score (nSPS) is 15.9. The van der Waals surface area contributed by atoms with Crippen LogP contribution in [0.4, 0.5) is 0 Å². The zero-order valence-corrected chi connectivity index (χ0v) is 14.6. The summed E-state index contributed by atoms with van der Waals surface area (Å²) < 4.78 is 10.9. The molecule has 1 heterocycles. The molecule has 5 heteroatoms. The van der Waals surface area contributed by atoms with Crippen LogP contribution in [0.1, 0.15) is 35.2 Å². The summed E-state index contributed by atoms with van der Waals surface area (Å²) in [7, 11) is 3.21. The van der Waals surface area contributed by atoms with E-state index in [1.165, 1.54) is 0 Å². The van der Waals surface area contributed by atoms with Gasteiger partial charge in [0.25, 0.3) is 0 Å². The standard InChI is InChI=1S/C20H20N2O3/c1-13(23)22-8-7-15-10-18(24-2)19(25-3)11-17(15)20(22)16-6-4-5-14(9-16)12-21/h4-6,9-11,20H,7-8H2,1-3H3. The van der Waals surface area contributed by atoms with Gasteiger partial charge in [0.2, 0.25) is 5.91 Å². The van der Waals surface area contributed by atoms with Crippen LogP contribution in [0, 0.1) is 11.3 Å². The van der Waals surface area contributed by atoms with E-state index in [-0.39, 0.29) is 11.9 Å². The SMILES string of the molecule is COc1cc2c(cc1OC)C(c1cccc(C#N)c1)N(C(C)=O)CC2. The van der Waals surface area contributed by atoms with E-state index in [9.17, 15) is 10.1 Å². The molecule has 0 saturated carbocycles. The van der Waals surface area contributed by atoms with Gasteiger partial charge in [-0.3, -0.25) is 4.79 Å². The number of hydrogen-bond acceptors (Lipinski definition) is 4. The van der Waals surface area contributed by atoms with E-state index in [4.69, 9.17) is 9.47 Å². The zero-order chi connectivity index (χ0) is 18.0. The molecule has 3 rings (SSSR count). The maximum atomic E-state index is 12.2. The van der Waals surface area contributed by atoms with Crippen molar-refractivity contribution in [2.24, 2.45) is 0 Å². The molecule has 0 aromatic heterocycles. The average Bonchev–Trinajstić information content (AvgIpc) is 2.65. The van der Waals surface area contributed by atoms with Crippen LogP contribution < -0.4 is 9.47 Å². The maximum absolute atomic E-state index is 12.2. The van der Waals surface area contributed by atoms with Crippen LogP contribution in [0.15, 0.2) is 36.4 Å². The van der Waals surface area contributed by atoms with Crippen molar-refractivity contribution < 1.29 is 14.3 Å². The van der Waals surface area contributed by atoms with Gasteiger partial charge in [-0.2, -0.15) is 5.26 Å². The third-order valence-electron chi connectivity index (χ3n) is 4.61. The second-order valence-electron chi connectivity index (χ2n) is 6.01. The van der Waals surface area contributed by atoms with Crippen molar-refractivity contribution in [2.75, 3.05) is 20.8 Å². The van der Waals surface area contributed by atoms with Crippen LogP contribution in [-0.4, -0.2) is 31.6 Å². The van der Waals surface area contributed by atoms with Crippen molar-refractivity contribution in [3.8, 4) is 17.6 Å². The average molecular weight is 336 g/mol. The molecule has 2 aromatic rings. The summed E-state index contributed by atoms with van der Waals surface area (Å²) in [6.45, 7) is 2.20. The summed E-state index contributed by atoms with van der Waals surface area (Å²) in [6.07, 6.45) is 0.754. The first-order valence-corrected chi connectivity index (χ1v) is 8.11. The Balaban J connectivity index is 2.19. The highest BCUT2D eigenvalue weighted by Gasteiger charge is 2.32. The Labute approximate surface area is 147 Å². The Morgan fingerprint density at radius 3 is 2.56 bits per heavy atom. The molecule has 0 spiro atoms. The lowest BCUT2D eigenvalue weighted by Crippen LogP contribution is -2.39. The van der Waals surface area contributed by atoms with Gasteiger partial charge in [-0.15, -0.1) is 0 Å². The molecule has 0 radical (unpaired) electrons. The first-order chi connectivity index (χ1) is 12.1. The number of ether oxygens (including phenoxy) is 2. The molecule has 1 amide bonds. The minimum absolute atomic E-state index is 0.00722. The number of nitrogens with zero attached hydrogens (tertiary/aromatic N) is 2. The molecule has 0 fully saturated rings. The molecule has 2 aromatic carbocycles. The highest BCUT2D eigenvalue weighted by molar-refractivity contribution is 5.75. The molecule has 1 atom stereocenters. The predicted molar refractivity (Wildman–Crippen MR) is 93.6 cm³/mol. The molecule has 25 heavy (non-hydrogen) atoms. The monoisotopic (exact) mass is 336 g/mol. The topological polar surface area (TPSA) is 62.6 Å². The summed E-state index contributed by atoms with van der Waals surface area (Å²) in [6, 6.07) is 13.2. The van der Waals surface area contributed by atoms with Gasteiger partial charge in [-0.1, -0.05) is 12.1 Å². The Bertz CT molecular complexity index is 855. The van der Waals surface area contributed by atoms with Crippen LogP contribution in [0.2, 0.25) is 0 Å². The van der Waals surface area contributed by atoms with E-state index in [1.807, 2.05) is 35.2 Å². The lowest BCUT2D eigenvalue weighted by atomic mass is 9.87. The number of methoxy groups -OCH3 is 2. The molecule has 1 aliphatic rings. The van der Waals surface area contributed by atoms with Gasteiger partial charge in [0, 0.05) is 13.5 Å². The molecule has 0 N–H and O–H groups in total. The quantitative estimate of drug-likeness (QED) is 0.864. The number of hydrogen-bond donors (Lipinski definition) is 0. The second kappa shape index (κ2) is 6.86. The van der Waals surface area contributed by atoms with Crippen LogP contribution in [0.3, 0.4) is 0 Å². The van der Waals surface area contributed by atoms with Crippen LogP contribution in [0.5, 0.6) is 11.5 Å². The fourth-order valence-electron chi connectivity index (χ4n) is 3.42. The third-order valence-corrected chi connectivity index (χ3v) is 4.61. The van der Waals surface area contributed by atoms with Gasteiger partial charge >= 0.3 is 0 Å². The summed E-state index contributed by atoms with van der Waals surface area (Å²) in [5.41, 5.74) is 3.63. The van der Waals surface area contributed by atoms with Gasteiger partial charge in [0.1, 0.15) is 0 Å². The van der Waals surface area contributed by atoms with Gasteiger partial charge in [-0.05, 0) is 47.4 Å². The van der Waals surface area contributed by atoms with Crippen molar-refractivity contribution in [3.05, 3.63) is 58.7 Å². The molecule has 1 unspecified atom stereocenters. The summed E-state index contributed by atoms with van der Waals surface area (Å²) >= 11 is 0. The van der Waals surface area contributed by atoms with Crippen LogP contribution in [0.25, 0.3) is 0 Å². The van der Waals surface area contributed by atoms with E-state index >= 15 is 0 Å². The largest absolute Gasteiger partial charge is 0.493 e. The minimum Gasteiger partial charge on any atom is -0.493 e. The molecule has 0 bridgehead atoms. The first-order valence-electron chi connectivity index (χ1n) is 8.11. The number of rotatable bonds is 3. The van der Waals surface area contributed by atoms with Crippen molar-refractivity contribution in [3.63, 3.8) is 0 Å². The van der Waals surface area contributed by atoms with E-state index < -0.39 is 0 Å². The molecule has 128 valence electrons. The van der Waals surface area contributed by atoms with Gasteiger partial charge < -0.3 is 14.4 Å². The number of carbonyl (C=O) groups excluding carboxylic acids is 1. The van der Waals surface area contributed by atoms with Gasteiger partial charge in [0.15, 0.2) is 11.5 Å². The van der Waals surface area contributed by atoms with Crippen molar-refractivity contribution in [1.29, 1.82) is 5.26 Å². The highest BCUT2D eigenvalue weighted by Crippen LogP contribution is 2.41. The molecular weight excluding hydrogens is 316 g/mol. The second-order valence-corrected chi connectivity index (χ2v) is 6.01. The molecule has 5 nitrogen and oxygen atoms in total. The lowest BCUT2D eigenvalue weighted by Gasteiger charge is -2.37. The van der Waals surface area contributed by atoms with Crippen molar-refractivity contribution in [2.45, 2.75) is 19.4 Å². The summed E-state index contributed by atoms with van der Waals surface area (Å²) in [5, 5.41) is 9.21. The number of benzene rings is 2. The smallest absolute Gasteiger partial charge is 0.220 e. The Kier molecular flexibility index (Phi) is 4.62. The van der Waals surface area contributed by atoms with Gasteiger partial charge in [-0.25, -0.2) is 0 Å². The van der Waals surface area contributed by atoms with E-state index in [2.05, 4.69) is 6.07 Å². The molecular formula is C20H20N2O3. The predicted octanol–water partition coefficient (Wildman–Crippen LogP) is 3.07. The molecule has 0 saturated heterocycles. The number of carbonyl (C=O) groups is 1. The highest BCUT2D eigenvalue weighted by atomic mass is 16.5. The van der Waals surface area contributed by atoms with Crippen LogP contribution in [-0.2, 0) is 11.2 Å². The third kappa shape index (κ3) is 3.03. The fraction of sp³-hybridized carbons (Fsp3) is 0.300. The van der Waals surface area contributed by atoms with E-state index in [1.54, 1.807) is 27.2 Å². The van der Waals surface area contributed by atoms with Crippen molar-refractivity contribution in [1.82, 2.24) is 4.90 Å². The number of nitriles is 1. The zero-order valence-electron chi connectivity index (χ0n) is 14.6. The van der Waals surface area contributed by atoms with Crippen molar-refractivity contribution >= 4 is 5.91 Å². The number of amides is 1. The molecule has 0 aliphatic carbocycles. The first kappa shape index (κ1) is 16.8. The van der Waals surface area contributed by atoms with Crippen LogP contribution >= 0.6 is 0 Å². The summed E-state index contributed by atoms with van der Waals surface area (Å²) in [4.78, 5) is 14.1. The maximum Gasteiger partial charge on any atom is 0.220 e. The fourth-order valence-corrected chi connectivity index (χ4v) is 3.42. The lowest BCUT2D eigenvalue weighted by molar-refractivity contribution is -0.130. The Hall–Kier alpha value is -3.00. The Morgan fingerprint density at radius 1 is 1.20 bits per heavy atom. The van der Waals surface area contributed by atoms with Gasteiger partial charge in [0.05, 0.1) is 31.9 Å². The van der Waals surface area contributed by atoms with E-state index in [0.29, 0.717) is 23.6 Å². The van der Waals surface area contributed by atoms with E-state index in [0.717, 1.165) is 23.1 Å².